The molecule has 0 fully saturated rings. The van der Waals surface area contributed by atoms with Gasteiger partial charge in [-0.05, 0) is 55.3 Å². The van der Waals surface area contributed by atoms with Crippen molar-refractivity contribution in [3.63, 3.8) is 0 Å². The van der Waals surface area contributed by atoms with Gasteiger partial charge in [0.15, 0.2) is 0 Å². The van der Waals surface area contributed by atoms with E-state index in [0.29, 0.717) is 11.3 Å². The predicted molar refractivity (Wildman–Crippen MR) is 94.3 cm³/mol. The first-order valence-electron chi connectivity index (χ1n) is 7.81. The average molecular weight is 353 g/mol. The number of hydrogen-bond donors (Lipinski definition) is 1. The van der Waals surface area contributed by atoms with Gasteiger partial charge >= 0.3 is 5.97 Å². The van der Waals surface area contributed by atoms with Crippen LogP contribution >= 0.6 is 0 Å². The largest absolute Gasteiger partial charge is 0.462 e. The molecule has 0 aliphatic heterocycles. The first-order valence-corrected chi connectivity index (χ1v) is 7.81. The number of amides is 1. The van der Waals surface area contributed by atoms with E-state index in [-0.39, 0.29) is 23.6 Å². The number of carbonyl (C=O) groups excluding carboxylic acids is 3. The van der Waals surface area contributed by atoms with E-state index in [1.807, 2.05) is 0 Å². The molecule has 0 saturated carbocycles. The summed E-state index contributed by atoms with van der Waals surface area (Å²) in [6, 6.07) is 9.56. The Morgan fingerprint density at radius 3 is 2.42 bits per heavy atom. The van der Waals surface area contributed by atoms with Gasteiger partial charge in [0.2, 0.25) is 11.7 Å². The highest BCUT2D eigenvalue weighted by Crippen LogP contribution is 2.19. The molecule has 26 heavy (non-hydrogen) atoms. The summed E-state index contributed by atoms with van der Waals surface area (Å²) in [6.45, 7) is 3.17. The molecule has 0 unspecified atom stereocenters. The van der Waals surface area contributed by atoms with Gasteiger partial charge in [0.05, 0.1) is 17.9 Å². The minimum absolute atomic E-state index is 0.142. The third-order valence-corrected chi connectivity index (χ3v) is 3.25. The summed E-state index contributed by atoms with van der Waals surface area (Å²) >= 11 is 0. The summed E-state index contributed by atoms with van der Waals surface area (Å²) < 4.78 is 17.9. The molecule has 0 bridgehead atoms. The van der Waals surface area contributed by atoms with Crippen molar-refractivity contribution >= 4 is 23.3 Å². The van der Waals surface area contributed by atoms with Crippen molar-refractivity contribution in [1.29, 1.82) is 0 Å². The molecule has 0 saturated heterocycles. The molecule has 0 aliphatic rings. The van der Waals surface area contributed by atoms with E-state index < -0.39 is 17.6 Å². The molecule has 2 aromatic carbocycles. The summed E-state index contributed by atoms with van der Waals surface area (Å²) in [5.74, 6) is 3.24. The number of nitrogens with one attached hydrogen (secondary N) is 1. The summed E-state index contributed by atoms with van der Waals surface area (Å²) in [5.41, 5.74) is 1.10. The van der Waals surface area contributed by atoms with Gasteiger partial charge in [-0.1, -0.05) is 5.92 Å². The van der Waals surface area contributed by atoms with Gasteiger partial charge in [0.25, 0.3) is 0 Å². The third kappa shape index (κ3) is 5.02. The molecule has 132 valence electrons. The zero-order chi connectivity index (χ0) is 19.1. The number of anilines is 1. The standard InChI is InChI=1S/C20H16FNO4/c1-3-26-20(25)17-12-14(4-10-18(17)22-13(2)23)5-11-19(24)15-6-8-16(21)9-7-15/h4,6-10,12H,3H2,1-2H3,(H,22,23). The molecule has 0 aromatic heterocycles. The number of esters is 1. The third-order valence-electron chi connectivity index (χ3n) is 3.25. The molecule has 2 rings (SSSR count). The zero-order valence-corrected chi connectivity index (χ0v) is 14.3. The van der Waals surface area contributed by atoms with Crippen molar-refractivity contribution in [3.8, 4) is 11.8 Å². The molecule has 1 N–H and O–H groups in total. The van der Waals surface area contributed by atoms with Crippen LogP contribution in [0.15, 0.2) is 42.5 Å². The lowest BCUT2D eigenvalue weighted by atomic mass is 10.1. The molecule has 0 aliphatic carbocycles. The molecule has 0 spiro atoms. The topological polar surface area (TPSA) is 72.5 Å². The lowest BCUT2D eigenvalue weighted by molar-refractivity contribution is -0.114. The van der Waals surface area contributed by atoms with Crippen LogP contribution in [0.3, 0.4) is 0 Å². The number of Topliss-reactive ketones (excluding diaryl/α,β-unsaturated/α-hetero) is 1. The second-order valence-corrected chi connectivity index (χ2v) is 5.25. The van der Waals surface area contributed by atoms with Crippen LogP contribution in [0.1, 0.15) is 40.1 Å². The Morgan fingerprint density at radius 1 is 1.12 bits per heavy atom. The Hall–Kier alpha value is -3.46. The maximum absolute atomic E-state index is 12.9. The SMILES string of the molecule is CCOC(=O)c1cc(C#CC(=O)c2ccc(F)cc2)ccc1NC(C)=O. The fraction of sp³-hybridized carbons (Fsp3) is 0.150. The predicted octanol–water partition coefficient (Wildman–Crippen LogP) is 3.20. The number of hydrogen-bond acceptors (Lipinski definition) is 4. The monoisotopic (exact) mass is 353 g/mol. The van der Waals surface area contributed by atoms with Crippen LogP contribution in [0.4, 0.5) is 10.1 Å². The van der Waals surface area contributed by atoms with E-state index in [0.717, 1.165) is 0 Å². The van der Waals surface area contributed by atoms with E-state index in [9.17, 15) is 18.8 Å². The van der Waals surface area contributed by atoms with Crippen molar-refractivity contribution in [2.24, 2.45) is 0 Å². The van der Waals surface area contributed by atoms with Gasteiger partial charge in [0.1, 0.15) is 5.82 Å². The molecule has 6 heteroatoms. The Labute approximate surface area is 150 Å². The van der Waals surface area contributed by atoms with E-state index in [4.69, 9.17) is 4.74 Å². The molecule has 5 nitrogen and oxygen atoms in total. The summed E-state index contributed by atoms with van der Waals surface area (Å²) in [7, 11) is 0. The van der Waals surface area contributed by atoms with Crippen LogP contribution in [0.2, 0.25) is 0 Å². The van der Waals surface area contributed by atoms with Crippen molar-refractivity contribution in [1.82, 2.24) is 0 Å². The summed E-state index contributed by atoms with van der Waals surface area (Å²) in [4.78, 5) is 35.3. The van der Waals surface area contributed by atoms with Crippen molar-refractivity contribution < 1.29 is 23.5 Å². The van der Waals surface area contributed by atoms with Crippen LogP contribution in [-0.2, 0) is 9.53 Å². The Morgan fingerprint density at radius 2 is 1.81 bits per heavy atom. The maximum atomic E-state index is 12.9. The molecule has 0 atom stereocenters. The molecule has 1 amide bonds. The number of rotatable bonds is 4. The Bertz CT molecular complexity index is 908. The fourth-order valence-corrected chi connectivity index (χ4v) is 2.10. The minimum atomic E-state index is -0.607. The van der Waals surface area contributed by atoms with Crippen molar-refractivity contribution in [2.75, 3.05) is 11.9 Å². The molecular weight excluding hydrogens is 337 g/mol. The number of ether oxygens (including phenoxy) is 1. The molecule has 2 aromatic rings. The maximum Gasteiger partial charge on any atom is 0.340 e. The average Bonchev–Trinajstić information content (AvgIpc) is 2.61. The van der Waals surface area contributed by atoms with Gasteiger partial charge in [-0.25, -0.2) is 9.18 Å². The summed E-state index contributed by atoms with van der Waals surface area (Å²) in [6.07, 6.45) is 0. The van der Waals surface area contributed by atoms with Gasteiger partial charge < -0.3 is 10.1 Å². The second-order valence-electron chi connectivity index (χ2n) is 5.25. The fourth-order valence-electron chi connectivity index (χ4n) is 2.10. The lowest BCUT2D eigenvalue weighted by Gasteiger charge is -2.09. The van der Waals surface area contributed by atoms with Crippen LogP contribution in [0, 0.1) is 17.7 Å². The quantitative estimate of drug-likeness (QED) is 0.520. The number of benzene rings is 2. The Balaban J connectivity index is 2.31. The smallest absolute Gasteiger partial charge is 0.340 e. The van der Waals surface area contributed by atoms with E-state index in [2.05, 4.69) is 17.2 Å². The molecular formula is C20H16FNO4. The van der Waals surface area contributed by atoms with Gasteiger partial charge in [-0.15, -0.1) is 0 Å². The van der Waals surface area contributed by atoms with Gasteiger partial charge in [0, 0.05) is 18.1 Å². The second kappa shape index (κ2) is 8.58. The van der Waals surface area contributed by atoms with E-state index >= 15 is 0 Å². The van der Waals surface area contributed by atoms with Crippen LogP contribution in [-0.4, -0.2) is 24.3 Å². The molecule has 0 radical (unpaired) electrons. The first kappa shape index (κ1) is 18.9. The Kier molecular flexibility index (Phi) is 6.23. The lowest BCUT2D eigenvalue weighted by Crippen LogP contribution is -2.13. The summed E-state index contributed by atoms with van der Waals surface area (Å²) in [5, 5.41) is 2.55. The van der Waals surface area contributed by atoms with Gasteiger partial charge in [-0.3, -0.25) is 9.59 Å². The highest BCUT2D eigenvalue weighted by molar-refractivity contribution is 6.09. The number of carbonyl (C=O) groups is 3. The molecule has 0 heterocycles. The number of ketones is 1. The number of halogens is 1. The van der Waals surface area contributed by atoms with E-state index in [1.165, 1.54) is 43.3 Å². The van der Waals surface area contributed by atoms with Gasteiger partial charge in [-0.2, -0.15) is 0 Å². The first-order chi connectivity index (χ1) is 12.4. The zero-order valence-electron chi connectivity index (χ0n) is 14.3. The highest BCUT2D eigenvalue weighted by atomic mass is 19.1. The van der Waals surface area contributed by atoms with Crippen molar-refractivity contribution in [2.45, 2.75) is 13.8 Å². The van der Waals surface area contributed by atoms with Crippen LogP contribution < -0.4 is 5.32 Å². The highest BCUT2D eigenvalue weighted by Gasteiger charge is 2.14. The normalized spacial score (nSPS) is 9.65. The minimum Gasteiger partial charge on any atom is -0.462 e. The van der Waals surface area contributed by atoms with Crippen LogP contribution in [0.25, 0.3) is 0 Å². The van der Waals surface area contributed by atoms with Crippen molar-refractivity contribution in [3.05, 3.63) is 65.0 Å². The van der Waals surface area contributed by atoms with Crippen LogP contribution in [0.5, 0.6) is 0 Å². The van der Waals surface area contributed by atoms with E-state index in [1.54, 1.807) is 13.0 Å².